The van der Waals surface area contributed by atoms with Crippen LogP contribution in [0.4, 0.5) is 18.3 Å². The Bertz CT molecular complexity index is 816. The van der Waals surface area contributed by atoms with Crippen molar-refractivity contribution in [2.75, 3.05) is 18.4 Å². The number of aryl methyl sites for hydroxylation is 1. The van der Waals surface area contributed by atoms with Crippen molar-refractivity contribution in [1.29, 1.82) is 0 Å². The summed E-state index contributed by atoms with van der Waals surface area (Å²) in [6.07, 6.45) is 2.33. The summed E-state index contributed by atoms with van der Waals surface area (Å²) in [5, 5.41) is 2.79. The highest BCUT2D eigenvalue weighted by atomic mass is 32.1. The fourth-order valence-corrected chi connectivity index (χ4v) is 3.92. The summed E-state index contributed by atoms with van der Waals surface area (Å²) >= 11 is 1.32. The molecule has 0 radical (unpaired) electrons. The average Bonchev–Trinajstić information content (AvgIpc) is 2.94. The van der Waals surface area contributed by atoms with E-state index in [1.165, 1.54) is 11.3 Å². The highest BCUT2D eigenvalue weighted by Gasteiger charge is 2.21. The van der Waals surface area contributed by atoms with Crippen LogP contribution in [0.2, 0.25) is 0 Å². The molecule has 0 atom stereocenters. The van der Waals surface area contributed by atoms with E-state index < -0.39 is 28.9 Å². The lowest BCUT2D eigenvalue weighted by atomic mass is 9.99. The molecule has 3 rings (SSSR count). The molecular formula is C18H20F3N3OS. The first-order valence-electron chi connectivity index (χ1n) is 8.48. The molecule has 0 bridgehead atoms. The number of carbonyl (C=O) groups excluding carboxylic acids is 1. The number of hydrogen-bond acceptors (Lipinski definition) is 4. The third-order valence-corrected chi connectivity index (χ3v) is 5.69. The van der Waals surface area contributed by atoms with E-state index >= 15 is 0 Å². The first kappa shape index (κ1) is 18.8. The van der Waals surface area contributed by atoms with E-state index in [4.69, 9.17) is 0 Å². The number of piperidine rings is 1. The van der Waals surface area contributed by atoms with Crippen LogP contribution in [0.15, 0.2) is 12.1 Å². The number of amides is 1. The fourth-order valence-electron chi connectivity index (χ4n) is 2.92. The molecule has 0 saturated carbocycles. The molecule has 140 valence electrons. The molecule has 1 aromatic heterocycles. The van der Waals surface area contributed by atoms with Crippen molar-refractivity contribution in [3.63, 3.8) is 0 Å². The van der Waals surface area contributed by atoms with E-state index in [1.54, 1.807) is 0 Å². The van der Waals surface area contributed by atoms with E-state index in [2.05, 4.69) is 22.1 Å². The van der Waals surface area contributed by atoms with Crippen LogP contribution in [0.1, 0.15) is 40.7 Å². The number of rotatable bonds is 4. The summed E-state index contributed by atoms with van der Waals surface area (Å²) in [6.45, 7) is 6.92. The summed E-state index contributed by atoms with van der Waals surface area (Å²) in [7, 11) is 0. The smallest absolute Gasteiger partial charge is 0.260 e. The Kier molecular flexibility index (Phi) is 5.62. The normalized spacial score (nSPS) is 16.0. The van der Waals surface area contributed by atoms with Gasteiger partial charge in [-0.2, -0.15) is 0 Å². The Balaban J connectivity index is 1.69. The lowest BCUT2D eigenvalue weighted by Gasteiger charge is -2.29. The fraction of sp³-hybridized carbons (Fsp3) is 0.444. The first-order valence-corrected chi connectivity index (χ1v) is 9.30. The van der Waals surface area contributed by atoms with E-state index in [0.29, 0.717) is 5.13 Å². The van der Waals surface area contributed by atoms with Crippen molar-refractivity contribution in [2.24, 2.45) is 5.92 Å². The van der Waals surface area contributed by atoms with Crippen molar-refractivity contribution in [3.05, 3.63) is 45.7 Å². The Morgan fingerprint density at radius 2 is 1.96 bits per heavy atom. The third-order valence-electron chi connectivity index (χ3n) is 4.64. The number of hydrogen-bond donors (Lipinski definition) is 1. The van der Waals surface area contributed by atoms with Crippen molar-refractivity contribution in [3.8, 4) is 0 Å². The maximum absolute atomic E-state index is 13.7. The molecule has 2 heterocycles. The topological polar surface area (TPSA) is 45.2 Å². The van der Waals surface area contributed by atoms with Gasteiger partial charge in [0.1, 0.15) is 0 Å². The molecule has 8 heteroatoms. The molecular weight excluding hydrogens is 363 g/mol. The van der Waals surface area contributed by atoms with Gasteiger partial charge in [-0.1, -0.05) is 6.92 Å². The largest absolute Gasteiger partial charge is 0.298 e. The minimum atomic E-state index is -1.66. The van der Waals surface area contributed by atoms with E-state index in [9.17, 15) is 18.0 Å². The van der Waals surface area contributed by atoms with Crippen LogP contribution < -0.4 is 5.32 Å². The molecule has 1 aliphatic heterocycles. The number of anilines is 1. The van der Waals surface area contributed by atoms with Crippen LogP contribution >= 0.6 is 11.3 Å². The van der Waals surface area contributed by atoms with Crippen molar-refractivity contribution < 1.29 is 18.0 Å². The molecule has 1 saturated heterocycles. The Morgan fingerprint density at radius 1 is 1.27 bits per heavy atom. The quantitative estimate of drug-likeness (QED) is 0.799. The highest BCUT2D eigenvalue weighted by molar-refractivity contribution is 7.15. The average molecular weight is 383 g/mol. The first-order chi connectivity index (χ1) is 12.3. The second-order valence-corrected chi connectivity index (χ2v) is 7.75. The van der Waals surface area contributed by atoms with Crippen LogP contribution in [-0.4, -0.2) is 28.9 Å². The predicted molar refractivity (Wildman–Crippen MR) is 94.8 cm³/mol. The van der Waals surface area contributed by atoms with E-state index in [-0.39, 0.29) is 0 Å². The molecule has 1 aliphatic rings. The van der Waals surface area contributed by atoms with Crippen LogP contribution in [0.5, 0.6) is 0 Å². The number of carbonyl (C=O) groups is 1. The molecule has 1 N–H and O–H groups in total. The van der Waals surface area contributed by atoms with Crippen LogP contribution in [0.3, 0.4) is 0 Å². The highest BCUT2D eigenvalue weighted by Crippen LogP contribution is 2.27. The van der Waals surface area contributed by atoms with Gasteiger partial charge >= 0.3 is 0 Å². The lowest BCUT2D eigenvalue weighted by Crippen LogP contribution is -2.32. The zero-order valence-corrected chi connectivity index (χ0v) is 15.4. The van der Waals surface area contributed by atoms with Crippen molar-refractivity contribution >= 4 is 22.4 Å². The van der Waals surface area contributed by atoms with Crippen LogP contribution in [0.25, 0.3) is 0 Å². The number of aromatic nitrogens is 1. The standard InChI is InChI=1S/C18H20F3N3OS/c1-10-5-7-24(8-6-10)9-14-11(2)22-18(26-14)23-17(25)12-3-4-13(19)16(21)15(12)20/h3-4,10H,5-9H2,1-2H3,(H,22,23,25). The minimum absolute atomic E-state index is 0.317. The summed E-state index contributed by atoms with van der Waals surface area (Å²) in [5.74, 6) is -4.60. The summed E-state index contributed by atoms with van der Waals surface area (Å²) in [4.78, 5) is 19.8. The Labute approximate surface area is 154 Å². The number of halogens is 3. The van der Waals surface area contributed by atoms with E-state index in [0.717, 1.165) is 61.1 Å². The summed E-state index contributed by atoms with van der Waals surface area (Å²) in [5.41, 5.74) is 0.248. The maximum atomic E-state index is 13.7. The number of benzene rings is 1. The second kappa shape index (κ2) is 7.75. The van der Waals surface area contributed by atoms with Gasteiger partial charge in [0, 0.05) is 11.4 Å². The lowest BCUT2D eigenvalue weighted by molar-refractivity contribution is 0.102. The van der Waals surface area contributed by atoms with Crippen molar-refractivity contribution in [2.45, 2.75) is 33.2 Å². The van der Waals surface area contributed by atoms with Gasteiger partial charge in [0.05, 0.1) is 11.3 Å². The molecule has 0 aliphatic carbocycles. The van der Waals surface area contributed by atoms with Gasteiger partial charge in [0.2, 0.25) is 0 Å². The van der Waals surface area contributed by atoms with Gasteiger partial charge in [0.25, 0.3) is 5.91 Å². The predicted octanol–water partition coefficient (Wildman–Crippen LogP) is 4.35. The minimum Gasteiger partial charge on any atom is -0.298 e. The SMILES string of the molecule is Cc1nc(NC(=O)c2ccc(F)c(F)c2F)sc1CN1CCC(C)CC1. The third kappa shape index (κ3) is 4.07. The molecule has 4 nitrogen and oxygen atoms in total. The van der Waals surface area contributed by atoms with E-state index in [1.807, 2.05) is 6.92 Å². The zero-order chi connectivity index (χ0) is 18.8. The molecule has 1 aromatic carbocycles. The van der Waals surface area contributed by atoms with Gasteiger partial charge in [-0.05, 0) is 50.9 Å². The van der Waals surface area contributed by atoms with Crippen LogP contribution in [0, 0.1) is 30.3 Å². The molecule has 1 fully saturated rings. The molecule has 26 heavy (non-hydrogen) atoms. The van der Waals surface area contributed by atoms with Gasteiger partial charge < -0.3 is 0 Å². The Hall–Kier alpha value is -1.93. The van der Waals surface area contributed by atoms with Gasteiger partial charge in [-0.15, -0.1) is 11.3 Å². The molecule has 1 amide bonds. The molecule has 0 spiro atoms. The number of nitrogens with one attached hydrogen (secondary N) is 1. The van der Waals surface area contributed by atoms with Crippen molar-refractivity contribution in [1.82, 2.24) is 9.88 Å². The molecule has 2 aromatic rings. The monoisotopic (exact) mass is 383 g/mol. The number of likely N-dealkylation sites (tertiary alicyclic amines) is 1. The maximum Gasteiger partial charge on any atom is 0.260 e. The Morgan fingerprint density at radius 3 is 2.65 bits per heavy atom. The second-order valence-electron chi connectivity index (χ2n) is 6.66. The van der Waals surface area contributed by atoms with Gasteiger partial charge in [-0.3, -0.25) is 15.0 Å². The van der Waals surface area contributed by atoms with Crippen LogP contribution in [-0.2, 0) is 6.54 Å². The van der Waals surface area contributed by atoms with Gasteiger partial charge in [-0.25, -0.2) is 18.2 Å². The summed E-state index contributed by atoms with van der Waals surface area (Å²) in [6, 6.07) is 1.64. The van der Waals surface area contributed by atoms with Gasteiger partial charge in [0.15, 0.2) is 22.6 Å². The number of nitrogens with zero attached hydrogens (tertiary/aromatic N) is 2. The summed E-state index contributed by atoms with van der Waals surface area (Å²) < 4.78 is 40.0. The molecule has 0 unspecified atom stereocenters. The number of thiazole rings is 1. The zero-order valence-electron chi connectivity index (χ0n) is 14.6.